The molecule has 1 saturated carbocycles. The minimum absolute atomic E-state index is 0. The molecule has 3 rings (SSSR count). The Morgan fingerprint density at radius 2 is 1.68 bits per heavy atom. The van der Waals surface area contributed by atoms with E-state index in [9.17, 15) is 13.2 Å². The summed E-state index contributed by atoms with van der Waals surface area (Å²) in [5, 5.41) is 3.27. The second-order valence-corrected chi connectivity index (χ2v) is 10.5. The minimum atomic E-state index is -3.28. The van der Waals surface area contributed by atoms with Crippen molar-refractivity contribution in [1.82, 2.24) is 24.7 Å². The zero-order chi connectivity index (χ0) is 21.4. The van der Waals surface area contributed by atoms with E-state index in [-0.39, 0.29) is 42.2 Å². The molecule has 2 N–H and O–H groups in total. The molecule has 0 unspecified atom stereocenters. The number of nitrogens with zero attached hydrogens (tertiary/aromatic N) is 4. The van der Waals surface area contributed by atoms with Crippen molar-refractivity contribution in [3.05, 3.63) is 0 Å². The van der Waals surface area contributed by atoms with Gasteiger partial charge in [-0.25, -0.2) is 13.1 Å². The molecule has 0 bridgehead atoms. The molecule has 0 spiro atoms. The van der Waals surface area contributed by atoms with Gasteiger partial charge in [0.15, 0.2) is 5.96 Å². The number of carbonyl (C=O) groups excluding carboxylic acids is 1. The van der Waals surface area contributed by atoms with Crippen molar-refractivity contribution in [2.45, 2.75) is 39.0 Å². The fourth-order valence-electron chi connectivity index (χ4n) is 4.09. The Hall–Kier alpha value is -0.660. The number of nitrogens with one attached hydrogen (secondary N) is 2. The molecule has 0 aromatic carbocycles. The molecular formula is C20H39IN6O3S. The summed E-state index contributed by atoms with van der Waals surface area (Å²) in [5.74, 6) is 1.52. The lowest BCUT2D eigenvalue weighted by atomic mass is 9.86. The molecule has 1 amide bonds. The summed E-state index contributed by atoms with van der Waals surface area (Å²) in [7, 11) is -3.28. The highest BCUT2D eigenvalue weighted by molar-refractivity contribution is 14.0. The van der Waals surface area contributed by atoms with Crippen LogP contribution in [-0.4, -0.2) is 106 Å². The molecule has 0 aromatic rings. The van der Waals surface area contributed by atoms with Crippen LogP contribution in [0.5, 0.6) is 0 Å². The number of likely N-dealkylation sites (tertiary alicyclic amines) is 1. The van der Waals surface area contributed by atoms with Crippen molar-refractivity contribution >= 4 is 45.9 Å². The molecule has 0 radical (unpaired) electrons. The van der Waals surface area contributed by atoms with Gasteiger partial charge in [0, 0.05) is 52.4 Å². The van der Waals surface area contributed by atoms with Crippen LogP contribution >= 0.6 is 24.0 Å². The molecule has 0 aromatic heterocycles. The predicted octanol–water partition coefficient (Wildman–Crippen LogP) is 0.529. The Bertz CT molecular complexity index is 687. The SMILES string of the molecule is CCNC(=NCCS(=O)(=O)NCC1CCC1)N1CCN(CC(=O)N2CCCC2)CC1.I. The van der Waals surface area contributed by atoms with Crippen LogP contribution in [0.3, 0.4) is 0 Å². The first kappa shape index (κ1) is 26.6. The number of rotatable bonds is 9. The van der Waals surface area contributed by atoms with Crippen LogP contribution < -0.4 is 10.0 Å². The van der Waals surface area contributed by atoms with Crippen LogP contribution in [-0.2, 0) is 14.8 Å². The first-order valence-electron chi connectivity index (χ1n) is 11.5. The molecule has 3 aliphatic rings. The van der Waals surface area contributed by atoms with E-state index < -0.39 is 10.0 Å². The average Bonchev–Trinajstić information content (AvgIpc) is 3.21. The van der Waals surface area contributed by atoms with Crippen LogP contribution in [0.25, 0.3) is 0 Å². The van der Waals surface area contributed by atoms with Gasteiger partial charge in [-0.05, 0) is 38.5 Å². The first-order chi connectivity index (χ1) is 14.5. The number of sulfonamides is 1. The molecule has 180 valence electrons. The highest BCUT2D eigenvalue weighted by atomic mass is 127. The van der Waals surface area contributed by atoms with Gasteiger partial charge in [-0.15, -0.1) is 24.0 Å². The number of aliphatic imine (C=N–C) groups is 1. The van der Waals surface area contributed by atoms with E-state index in [1.54, 1.807) is 0 Å². The number of hydrogen-bond donors (Lipinski definition) is 2. The topological polar surface area (TPSA) is 97.3 Å². The summed E-state index contributed by atoms with van der Waals surface area (Å²) < 4.78 is 27.1. The lowest BCUT2D eigenvalue weighted by Gasteiger charge is -2.36. The van der Waals surface area contributed by atoms with Gasteiger partial charge < -0.3 is 15.1 Å². The van der Waals surface area contributed by atoms with Gasteiger partial charge in [-0.2, -0.15) is 0 Å². The van der Waals surface area contributed by atoms with Gasteiger partial charge in [0.2, 0.25) is 15.9 Å². The molecule has 2 heterocycles. The van der Waals surface area contributed by atoms with Crippen LogP contribution in [0.2, 0.25) is 0 Å². The molecule has 2 aliphatic heterocycles. The molecule has 3 fully saturated rings. The van der Waals surface area contributed by atoms with Crippen molar-refractivity contribution in [3.63, 3.8) is 0 Å². The van der Waals surface area contributed by atoms with Crippen molar-refractivity contribution in [3.8, 4) is 0 Å². The number of guanidine groups is 1. The Labute approximate surface area is 204 Å². The van der Waals surface area contributed by atoms with E-state index in [4.69, 9.17) is 0 Å². The van der Waals surface area contributed by atoms with Crippen LogP contribution in [0.4, 0.5) is 0 Å². The number of hydrogen-bond acceptors (Lipinski definition) is 5. The van der Waals surface area contributed by atoms with Gasteiger partial charge in [0.25, 0.3) is 0 Å². The second kappa shape index (κ2) is 13.1. The van der Waals surface area contributed by atoms with E-state index in [0.29, 0.717) is 19.0 Å². The van der Waals surface area contributed by atoms with Crippen molar-refractivity contribution in [2.75, 3.05) is 71.2 Å². The van der Waals surface area contributed by atoms with Gasteiger partial charge in [0.1, 0.15) is 0 Å². The van der Waals surface area contributed by atoms with Gasteiger partial charge in [-0.1, -0.05) is 6.42 Å². The van der Waals surface area contributed by atoms with Gasteiger partial charge in [0.05, 0.1) is 18.8 Å². The second-order valence-electron chi connectivity index (χ2n) is 8.55. The number of piperazine rings is 1. The lowest BCUT2D eigenvalue weighted by molar-refractivity contribution is -0.131. The third kappa shape index (κ3) is 8.65. The molecule has 9 nitrogen and oxygen atoms in total. The fraction of sp³-hybridized carbons (Fsp3) is 0.900. The molecule has 31 heavy (non-hydrogen) atoms. The van der Waals surface area contributed by atoms with Gasteiger partial charge >= 0.3 is 0 Å². The van der Waals surface area contributed by atoms with E-state index in [1.807, 2.05) is 11.8 Å². The summed E-state index contributed by atoms with van der Waals surface area (Å²) in [5.41, 5.74) is 0. The number of carbonyl (C=O) groups is 1. The van der Waals surface area contributed by atoms with Gasteiger partial charge in [-0.3, -0.25) is 14.7 Å². The average molecular weight is 571 g/mol. The monoisotopic (exact) mass is 570 g/mol. The molecule has 0 atom stereocenters. The van der Waals surface area contributed by atoms with Crippen LogP contribution in [0.1, 0.15) is 39.0 Å². The molecule has 11 heteroatoms. The molecule has 2 saturated heterocycles. The fourth-order valence-corrected chi connectivity index (χ4v) is 5.05. The Morgan fingerprint density at radius 3 is 2.26 bits per heavy atom. The van der Waals surface area contributed by atoms with Crippen molar-refractivity contribution in [2.24, 2.45) is 10.9 Å². The largest absolute Gasteiger partial charge is 0.357 e. The number of amides is 1. The highest BCUT2D eigenvalue weighted by Crippen LogP contribution is 2.25. The lowest BCUT2D eigenvalue weighted by Crippen LogP contribution is -2.54. The Kier molecular flexibility index (Phi) is 11.3. The quantitative estimate of drug-likeness (QED) is 0.239. The zero-order valence-corrected chi connectivity index (χ0v) is 21.9. The van der Waals surface area contributed by atoms with E-state index in [1.165, 1.54) is 6.42 Å². The first-order valence-corrected chi connectivity index (χ1v) is 13.1. The predicted molar refractivity (Wildman–Crippen MR) is 134 cm³/mol. The summed E-state index contributed by atoms with van der Waals surface area (Å²) in [6, 6.07) is 0. The smallest absolute Gasteiger partial charge is 0.236 e. The molecular weight excluding hydrogens is 531 g/mol. The normalized spacial score (nSPS) is 21.0. The van der Waals surface area contributed by atoms with E-state index in [2.05, 4.69) is 24.8 Å². The highest BCUT2D eigenvalue weighted by Gasteiger charge is 2.25. The van der Waals surface area contributed by atoms with Crippen LogP contribution in [0, 0.1) is 5.92 Å². The summed E-state index contributed by atoms with van der Waals surface area (Å²) in [4.78, 5) is 23.2. The summed E-state index contributed by atoms with van der Waals surface area (Å²) in [6.45, 7) is 9.03. The molecule has 1 aliphatic carbocycles. The van der Waals surface area contributed by atoms with E-state index in [0.717, 1.165) is 77.5 Å². The summed E-state index contributed by atoms with van der Waals surface area (Å²) in [6.07, 6.45) is 5.70. The Balaban J connectivity index is 0.00000341. The van der Waals surface area contributed by atoms with Crippen molar-refractivity contribution < 1.29 is 13.2 Å². The van der Waals surface area contributed by atoms with Crippen molar-refractivity contribution in [1.29, 1.82) is 0 Å². The zero-order valence-electron chi connectivity index (χ0n) is 18.7. The third-order valence-corrected chi connectivity index (χ3v) is 7.59. The standard InChI is InChI=1S/C20H38N6O3S.HI/c1-2-21-20(22-8-15-30(28,29)23-16-18-6-5-7-18)26-13-11-24(12-14-26)17-19(27)25-9-3-4-10-25;/h18,23H,2-17H2,1H3,(H,21,22);1H. The maximum Gasteiger partial charge on any atom is 0.236 e. The Morgan fingerprint density at radius 1 is 1.00 bits per heavy atom. The van der Waals surface area contributed by atoms with Crippen LogP contribution in [0.15, 0.2) is 4.99 Å². The maximum atomic E-state index is 12.4. The third-order valence-electron chi connectivity index (χ3n) is 6.26. The summed E-state index contributed by atoms with van der Waals surface area (Å²) >= 11 is 0. The minimum Gasteiger partial charge on any atom is -0.357 e. The number of halogens is 1. The maximum absolute atomic E-state index is 12.4. The van der Waals surface area contributed by atoms with E-state index >= 15 is 0 Å².